The molecule has 0 aromatic heterocycles. The SMILES string of the molecule is CC(CO)c1ccc2c(c1)OCC(C)(C)CO2. The van der Waals surface area contributed by atoms with Crippen LogP contribution in [0.4, 0.5) is 0 Å². The average molecular weight is 236 g/mol. The molecule has 1 atom stereocenters. The molecule has 1 aliphatic heterocycles. The van der Waals surface area contributed by atoms with E-state index in [2.05, 4.69) is 13.8 Å². The molecule has 3 heteroatoms. The molecule has 1 unspecified atom stereocenters. The molecule has 0 bridgehead atoms. The standard InChI is InChI=1S/C14H20O3/c1-10(7-15)11-4-5-12-13(6-11)17-9-14(2,3)8-16-12/h4-6,10,15H,7-9H2,1-3H3. The lowest BCUT2D eigenvalue weighted by atomic mass is 9.97. The van der Waals surface area contributed by atoms with Crippen molar-refractivity contribution >= 4 is 0 Å². The van der Waals surface area contributed by atoms with Gasteiger partial charge in [0.25, 0.3) is 0 Å². The van der Waals surface area contributed by atoms with Crippen LogP contribution in [-0.2, 0) is 0 Å². The van der Waals surface area contributed by atoms with E-state index < -0.39 is 0 Å². The second-order valence-electron chi connectivity index (χ2n) is 5.53. The number of aliphatic hydroxyl groups excluding tert-OH is 1. The lowest BCUT2D eigenvalue weighted by Gasteiger charge is -2.19. The van der Waals surface area contributed by atoms with Gasteiger partial charge in [0.05, 0.1) is 13.2 Å². The molecule has 1 heterocycles. The molecule has 0 spiro atoms. The van der Waals surface area contributed by atoms with Crippen LogP contribution in [0.5, 0.6) is 11.5 Å². The number of hydrogen-bond donors (Lipinski definition) is 1. The van der Waals surface area contributed by atoms with E-state index in [9.17, 15) is 0 Å². The van der Waals surface area contributed by atoms with Crippen LogP contribution in [0.3, 0.4) is 0 Å². The highest BCUT2D eigenvalue weighted by Gasteiger charge is 2.25. The van der Waals surface area contributed by atoms with Crippen molar-refractivity contribution in [3.05, 3.63) is 23.8 Å². The third-order valence-corrected chi connectivity index (χ3v) is 3.05. The molecule has 1 aromatic carbocycles. The summed E-state index contributed by atoms with van der Waals surface area (Å²) in [5.74, 6) is 1.71. The van der Waals surface area contributed by atoms with Gasteiger partial charge in [-0.3, -0.25) is 0 Å². The summed E-state index contributed by atoms with van der Waals surface area (Å²) in [5.41, 5.74) is 1.11. The van der Waals surface area contributed by atoms with E-state index in [4.69, 9.17) is 14.6 Å². The van der Waals surface area contributed by atoms with E-state index in [1.54, 1.807) is 0 Å². The van der Waals surface area contributed by atoms with Gasteiger partial charge in [-0.2, -0.15) is 0 Å². The molecule has 3 nitrogen and oxygen atoms in total. The van der Waals surface area contributed by atoms with Crippen LogP contribution in [0.25, 0.3) is 0 Å². The van der Waals surface area contributed by atoms with E-state index in [1.165, 1.54) is 0 Å². The Morgan fingerprint density at radius 2 is 1.88 bits per heavy atom. The Bertz CT molecular complexity index is 398. The summed E-state index contributed by atoms with van der Waals surface area (Å²) in [4.78, 5) is 0. The molecule has 0 saturated carbocycles. The molecular weight excluding hydrogens is 216 g/mol. The summed E-state index contributed by atoms with van der Waals surface area (Å²) in [6.45, 7) is 7.69. The highest BCUT2D eigenvalue weighted by atomic mass is 16.5. The van der Waals surface area contributed by atoms with Gasteiger partial charge in [0.2, 0.25) is 0 Å². The van der Waals surface area contributed by atoms with Crippen LogP contribution in [0.15, 0.2) is 18.2 Å². The van der Waals surface area contributed by atoms with Crippen molar-refractivity contribution in [2.75, 3.05) is 19.8 Å². The quantitative estimate of drug-likeness (QED) is 0.857. The van der Waals surface area contributed by atoms with Crippen LogP contribution >= 0.6 is 0 Å². The lowest BCUT2D eigenvalue weighted by molar-refractivity contribution is 0.140. The van der Waals surface area contributed by atoms with Gasteiger partial charge >= 0.3 is 0 Å². The van der Waals surface area contributed by atoms with Crippen molar-refractivity contribution in [1.82, 2.24) is 0 Å². The largest absolute Gasteiger partial charge is 0.489 e. The maximum Gasteiger partial charge on any atom is 0.161 e. The lowest BCUT2D eigenvalue weighted by Crippen LogP contribution is -2.26. The van der Waals surface area contributed by atoms with Gasteiger partial charge in [-0.15, -0.1) is 0 Å². The minimum Gasteiger partial charge on any atom is -0.489 e. The van der Waals surface area contributed by atoms with Crippen molar-refractivity contribution in [1.29, 1.82) is 0 Å². The zero-order chi connectivity index (χ0) is 12.5. The summed E-state index contributed by atoms with van der Waals surface area (Å²) in [6.07, 6.45) is 0. The predicted molar refractivity (Wildman–Crippen MR) is 66.7 cm³/mol. The van der Waals surface area contributed by atoms with Gasteiger partial charge in [-0.05, 0) is 17.7 Å². The molecule has 17 heavy (non-hydrogen) atoms. The molecule has 2 rings (SSSR count). The van der Waals surface area contributed by atoms with E-state index in [-0.39, 0.29) is 17.9 Å². The van der Waals surface area contributed by atoms with Crippen LogP contribution in [0, 0.1) is 5.41 Å². The molecule has 1 aromatic rings. The fourth-order valence-corrected chi connectivity index (χ4v) is 1.76. The Labute approximate surface area is 102 Å². The van der Waals surface area contributed by atoms with Crippen molar-refractivity contribution in [3.8, 4) is 11.5 Å². The molecule has 0 amide bonds. The Kier molecular flexibility index (Phi) is 3.29. The molecule has 0 aliphatic carbocycles. The van der Waals surface area contributed by atoms with Gasteiger partial charge in [0.15, 0.2) is 11.5 Å². The molecular formula is C14H20O3. The first kappa shape index (κ1) is 12.2. The van der Waals surface area contributed by atoms with Crippen molar-refractivity contribution in [2.45, 2.75) is 26.7 Å². The van der Waals surface area contributed by atoms with Crippen LogP contribution in [0.2, 0.25) is 0 Å². The van der Waals surface area contributed by atoms with E-state index in [0.29, 0.717) is 13.2 Å². The van der Waals surface area contributed by atoms with Gasteiger partial charge in [-0.1, -0.05) is 26.8 Å². The summed E-state index contributed by atoms with van der Waals surface area (Å²) in [7, 11) is 0. The molecule has 0 fully saturated rings. The topological polar surface area (TPSA) is 38.7 Å². The minimum absolute atomic E-state index is 0.0295. The number of benzene rings is 1. The van der Waals surface area contributed by atoms with Crippen molar-refractivity contribution in [2.24, 2.45) is 5.41 Å². The van der Waals surface area contributed by atoms with Gasteiger partial charge < -0.3 is 14.6 Å². The van der Waals surface area contributed by atoms with E-state index in [1.807, 2.05) is 25.1 Å². The fraction of sp³-hybridized carbons (Fsp3) is 0.571. The highest BCUT2D eigenvalue weighted by molar-refractivity contribution is 5.44. The zero-order valence-corrected chi connectivity index (χ0v) is 10.7. The normalized spacial score (nSPS) is 19.5. The van der Waals surface area contributed by atoms with Crippen molar-refractivity contribution < 1.29 is 14.6 Å². The molecule has 94 valence electrons. The summed E-state index contributed by atoms with van der Waals surface area (Å²) in [6, 6.07) is 5.89. The number of aliphatic hydroxyl groups is 1. The first-order valence-electron chi connectivity index (χ1n) is 6.02. The number of rotatable bonds is 2. The van der Waals surface area contributed by atoms with Crippen LogP contribution in [-0.4, -0.2) is 24.9 Å². The third-order valence-electron chi connectivity index (χ3n) is 3.05. The maximum absolute atomic E-state index is 9.16. The first-order chi connectivity index (χ1) is 8.02. The second kappa shape index (κ2) is 4.57. The average Bonchev–Trinajstić information content (AvgIpc) is 2.47. The summed E-state index contributed by atoms with van der Waals surface area (Å²) in [5, 5.41) is 9.16. The summed E-state index contributed by atoms with van der Waals surface area (Å²) >= 11 is 0. The van der Waals surface area contributed by atoms with Gasteiger partial charge in [0.1, 0.15) is 0 Å². The van der Waals surface area contributed by atoms with Crippen LogP contribution in [0.1, 0.15) is 32.3 Å². The molecule has 1 aliphatic rings. The smallest absolute Gasteiger partial charge is 0.161 e. The van der Waals surface area contributed by atoms with Crippen molar-refractivity contribution in [3.63, 3.8) is 0 Å². The molecule has 1 N–H and O–H groups in total. The Hall–Kier alpha value is -1.22. The number of hydrogen-bond acceptors (Lipinski definition) is 3. The monoisotopic (exact) mass is 236 g/mol. The van der Waals surface area contributed by atoms with Crippen LogP contribution < -0.4 is 9.47 Å². The number of fused-ring (bicyclic) bond motifs is 1. The molecule has 0 saturated heterocycles. The van der Waals surface area contributed by atoms with E-state index in [0.717, 1.165) is 17.1 Å². The second-order valence-corrected chi connectivity index (χ2v) is 5.53. The van der Waals surface area contributed by atoms with E-state index >= 15 is 0 Å². The summed E-state index contributed by atoms with van der Waals surface area (Å²) < 4.78 is 11.5. The third kappa shape index (κ3) is 2.72. The van der Waals surface area contributed by atoms with Gasteiger partial charge in [-0.25, -0.2) is 0 Å². The maximum atomic E-state index is 9.16. The van der Waals surface area contributed by atoms with Gasteiger partial charge in [0, 0.05) is 17.9 Å². The molecule has 0 radical (unpaired) electrons. The fourth-order valence-electron chi connectivity index (χ4n) is 1.76. The Balaban J connectivity index is 2.26. The Morgan fingerprint density at radius 1 is 1.24 bits per heavy atom. The highest BCUT2D eigenvalue weighted by Crippen LogP contribution is 2.35. The minimum atomic E-state index is 0.0295. The Morgan fingerprint density at radius 3 is 2.53 bits per heavy atom. The zero-order valence-electron chi connectivity index (χ0n) is 10.7. The number of ether oxygens (including phenoxy) is 2. The first-order valence-corrected chi connectivity index (χ1v) is 6.02. The predicted octanol–water partition coefficient (Wildman–Crippen LogP) is 2.58.